The minimum absolute atomic E-state index is 0.189. The van der Waals surface area contributed by atoms with Crippen LogP contribution in [0.15, 0.2) is 24.4 Å². The first-order valence-corrected chi connectivity index (χ1v) is 9.00. The van der Waals surface area contributed by atoms with Crippen LogP contribution in [0.25, 0.3) is 0 Å². The fourth-order valence-corrected chi connectivity index (χ4v) is 3.39. The van der Waals surface area contributed by atoms with E-state index in [9.17, 15) is 9.50 Å². The fourth-order valence-electron chi connectivity index (χ4n) is 3.39. The molecule has 1 aromatic carbocycles. The van der Waals surface area contributed by atoms with E-state index in [0.717, 1.165) is 24.2 Å². The number of rotatable bonds is 6. The van der Waals surface area contributed by atoms with Gasteiger partial charge in [-0.3, -0.25) is 4.68 Å². The molecule has 0 bridgehead atoms. The molecule has 0 unspecified atom stereocenters. The Morgan fingerprint density at radius 3 is 2.72 bits per heavy atom. The third-order valence-corrected chi connectivity index (χ3v) is 4.79. The summed E-state index contributed by atoms with van der Waals surface area (Å²) in [6, 6.07) is 5.43. The highest BCUT2D eigenvalue weighted by molar-refractivity contribution is 5.49. The molecule has 0 aliphatic carbocycles. The number of piperidine rings is 1. The van der Waals surface area contributed by atoms with Gasteiger partial charge in [0, 0.05) is 45.0 Å². The predicted molar refractivity (Wildman–Crippen MR) is 97.0 cm³/mol. The van der Waals surface area contributed by atoms with Crippen LogP contribution in [0, 0.1) is 5.82 Å². The van der Waals surface area contributed by atoms with E-state index >= 15 is 0 Å². The third kappa shape index (κ3) is 4.38. The van der Waals surface area contributed by atoms with Gasteiger partial charge in [0.25, 0.3) is 0 Å². The first kappa shape index (κ1) is 17.9. The van der Waals surface area contributed by atoms with E-state index in [1.165, 1.54) is 5.56 Å². The molecular formula is C19H27FN4O. The fraction of sp³-hybridized carbons (Fsp3) is 0.526. The van der Waals surface area contributed by atoms with Crippen LogP contribution >= 0.6 is 0 Å². The average Bonchev–Trinajstić information content (AvgIpc) is 2.96. The topological polar surface area (TPSA) is 53.3 Å². The van der Waals surface area contributed by atoms with Crippen molar-refractivity contribution in [3.05, 3.63) is 47.0 Å². The summed E-state index contributed by atoms with van der Waals surface area (Å²) in [5.41, 5.74) is 3.86. The van der Waals surface area contributed by atoms with Gasteiger partial charge in [-0.05, 0) is 37.0 Å². The maximum Gasteiger partial charge on any atom is 0.146 e. The van der Waals surface area contributed by atoms with Gasteiger partial charge in [-0.25, -0.2) is 4.39 Å². The number of aromatic nitrogens is 2. The minimum Gasteiger partial charge on any atom is -0.393 e. The van der Waals surface area contributed by atoms with Crippen molar-refractivity contribution in [1.82, 2.24) is 15.1 Å². The second-order valence-electron chi connectivity index (χ2n) is 6.74. The van der Waals surface area contributed by atoms with Crippen LogP contribution in [0.2, 0.25) is 0 Å². The summed E-state index contributed by atoms with van der Waals surface area (Å²) in [6.45, 7) is 4.85. The van der Waals surface area contributed by atoms with Crippen molar-refractivity contribution in [1.29, 1.82) is 0 Å². The second-order valence-corrected chi connectivity index (χ2v) is 6.74. The number of hydrogen-bond donors (Lipinski definition) is 2. The first-order chi connectivity index (χ1) is 12.1. The van der Waals surface area contributed by atoms with Crippen molar-refractivity contribution in [2.75, 3.05) is 18.0 Å². The molecule has 0 saturated carbocycles. The lowest BCUT2D eigenvalue weighted by molar-refractivity contribution is 0.145. The van der Waals surface area contributed by atoms with Crippen molar-refractivity contribution in [2.24, 2.45) is 7.05 Å². The molecule has 2 N–H and O–H groups in total. The number of benzene rings is 1. The summed E-state index contributed by atoms with van der Waals surface area (Å²) in [5.74, 6) is -0.189. The molecule has 1 saturated heterocycles. The highest BCUT2D eigenvalue weighted by Crippen LogP contribution is 2.24. The summed E-state index contributed by atoms with van der Waals surface area (Å²) < 4.78 is 16.3. The molecule has 5 nitrogen and oxygen atoms in total. The van der Waals surface area contributed by atoms with Gasteiger partial charge in [0.2, 0.25) is 0 Å². The number of nitrogens with zero attached hydrogens (tertiary/aromatic N) is 3. The Labute approximate surface area is 148 Å². The van der Waals surface area contributed by atoms with Crippen LogP contribution in [0.5, 0.6) is 0 Å². The Balaban J connectivity index is 1.57. The average molecular weight is 346 g/mol. The molecule has 25 heavy (non-hydrogen) atoms. The number of nitrogens with one attached hydrogen (secondary N) is 1. The van der Waals surface area contributed by atoms with Crippen LogP contribution < -0.4 is 10.2 Å². The molecule has 0 radical (unpaired) electrons. The molecule has 0 spiro atoms. The molecule has 0 amide bonds. The molecule has 1 aliphatic heterocycles. The third-order valence-electron chi connectivity index (χ3n) is 4.79. The molecule has 1 aromatic heterocycles. The van der Waals surface area contributed by atoms with Crippen LogP contribution in [0.3, 0.4) is 0 Å². The lowest BCUT2D eigenvalue weighted by atomic mass is 10.1. The zero-order valence-electron chi connectivity index (χ0n) is 15.0. The number of halogens is 1. The molecule has 0 atom stereocenters. The van der Waals surface area contributed by atoms with E-state index in [1.807, 2.05) is 35.0 Å². The Hall–Kier alpha value is -1.92. The quantitative estimate of drug-likeness (QED) is 0.843. The van der Waals surface area contributed by atoms with Crippen LogP contribution in [-0.2, 0) is 26.6 Å². The number of anilines is 1. The maximum absolute atomic E-state index is 14.5. The van der Waals surface area contributed by atoms with Crippen LogP contribution in [-0.4, -0.2) is 34.1 Å². The van der Waals surface area contributed by atoms with Gasteiger partial charge < -0.3 is 15.3 Å². The van der Waals surface area contributed by atoms with E-state index < -0.39 is 0 Å². The smallest absolute Gasteiger partial charge is 0.146 e. The molecule has 136 valence electrons. The zero-order valence-corrected chi connectivity index (χ0v) is 15.0. The Bertz CT molecular complexity index is 707. The number of hydrogen-bond acceptors (Lipinski definition) is 4. The van der Waals surface area contributed by atoms with Crippen molar-refractivity contribution in [3.8, 4) is 0 Å². The molecule has 6 heteroatoms. The number of aryl methyl sites for hydroxylation is 2. The van der Waals surface area contributed by atoms with Gasteiger partial charge in [-0.15, -0.1) is 0 Å². The van der Waals surface area contributed by atoms with E-state index in [4.69, 9.17) is 0 Å². The van der Waals surface area contributed by atoms with Gasteiger partial charge >= 0.3 is 0 Å². The van der Waals surface area contributed by atoms with Gasteiger partial charge in [0.15, 0.2) is 0 Å². The summed E-state index contributed by atoms with van der Waals surface area (Å²) in [4.78, 5) is 2.02. The van der Waals surface area contributed by atoms with Crippen molar-refractivity contribution in [3.63, 3.8) is 0 Å². The highest BCUT2D eigenvalue weighted by Gasteiger charge is 2.19. The number of aliphatic hydroxyl groups excluding tert-OH is 1. The summed E-state index contributed by atoms with van der Waals surface area (Å²) in [6.07, 6.45) is 4.09. The summed E-state index contributed by atoms with van der Waals surface area (Å²) in [7, 11) is 1.93. The van der Waals surface area contributed by atoms with Crippen LogP contribution in [0.4, 0.5) is 10.1 Å². The molecule has 3 rings (SSSR count). The SMILES string of the molecule is CCc1nn(C)cc1CNCc1ccc(N2CCC(O)CC2)c(F)c1. The molecular weight excluding hydrogens is 319 g/mol. The second kappa shape index (κ2) is 7.97. The van der Waals surface area contributed by atoms with E-state index in [1.54, 1.807) is 6.07 Å². The van der Waals surface area contributed by atoms with Crippen molar-refractivity contribution in [2.45, 2.75) is 45.4 Å². The lowest BCUT2D eigenvalue weighted by Crippen LogP contribution is -2.36. The zero-order chi connectivity index (χ0) is 17.8. The molecule has 1 fully saturated rings. The van der Waals surface area contributed by atoms with Gasteiger partial charge in [0.05, 0.1) is 17.5 Å². The molecule has 1 aliphatic rings. The normalized spacial score (nSPS) is 15.8. The standard InChI is InChI=1S/C19H27FN4O/c1-3-18-15(13-23(2)22-18)12-21-11-14-4-5-19(17(20)10-14)24-8-6-16(25)7-9-24/h4-5,10,13,16,21,25H,3,6-9,11-12H2,1-2H3. The Kier molecular flexibility index (Phi) is 5.71. The monoisotopic (exact) mass is 346 g/mol. The largest absolute Gasteiger partial charge is 0.393 e. The van der Waals surface area contributed by atoms with E-state index in [2.05, 4.69) is 17.3 Å². The lowest BCUT2D eigenvalue weighted by Gasteiger charge is -2.31. The van der Waals surface area contributed by atoms with Gasteiger partial charge in [-0.2, -0.15) is 5.10 Å². The number of aliphatic hydroxyl groups is 1. The van der Waals surface area contributed by atoms with E-state index in [-0.39, 0.29) is 11.9 Å². The van der Waals surface area contributed by atoms with E-state index in [0.29, 0.717) is 38.2 Å². The molecule has 2 heterocycles. The van der Waals surface area contributed by atoms with Crippen molar-refractivity contribution >= 4 is 5.69 Å². The predicted octanol–water partition coefficient (Wildman–Crippen LogP) is 2.37. The maximum atomic E-state index is 14.5. The summed E-state index contributed by atoms with van der Waals surface area (Å²) >= 11 is 0. The Morgan fingerprint density at radius 2 is 2.04 bits per heavy atom. The summed E-state index contributed by atoms with van der Waals surface area (Å²) in [5, 5.41) is 17.4. The van der Waals surface area contributed by atoms with Crippen molar-refractivity contribution < 1.29 is 9.50 Å². The minimum atomic E-state index is -0.247. The first-order valence-electron chi connectivity index (χ1n) is 9.00. The van der Waals surface area contributed by atoms with Gasteiger partial charge in [-0.1, -0.05) is 13.0 Å². The van der Waals surface area contributed by atoms with Gasteiger partial charge in [0.1, 0.15) is 5.82 Å². The highest BCUT2D eigenvalue weighted by atomic mass is 19.1. The van der Waals surface area contributed by atoms with Crippen LogP contribution in [0.1, 0.15) is 36.6 Å². The Morgan fingerprint density at radius 1 is 1.28 bits per heavy atom. The molecule has 2 aromatic rings.